The van der Waals surface area contributed by atoms with E-state index >= 15 is 17.3 Å². The third-order valence-corrected chi connectivity index (χ3v) is 14.5. The zero-order valence-corrected chi connectivity index (χ0v) is 35.3. The lowest BCUT2D eigenvalue weighted by Crippen LogP contribution is -2.51. The van der Waals surface area contributed by atoms with Crippen molar-refractivity contribution in [2.24, 2.45) is 0 Å². The predicted molar refractivity (Wildman–Crippen MR) is 228 cm³/mol. The molecule has 0 N–H and O–H groups in total. The Bertz CT molecular complexity index is 2570. The van der Waals surface area contributed by atoms with E-state index in [9.17, 15) is 0 Å². The Morgan fingerprint density at radius 3 is 1.20 bits per heavy atom. The van der Waals surface area contributed by atoms with Crippen molar-refractivity contribution in [3.63, 3.8) is 0 Å². The van der Waals surface area contributed by atoms with Gasteiger partial charge in [0.05, 0.1) is 22.3 Å². The standard InChI is InChI=1S/C42H34B2F4I2N4/c1-23-33(27(5)51-39(23)35(31-17-11-9-12-18-31)41-25(3)37(49)29(7)53(41)43(51,45)46)21-15-16-22-34-24(2)40-36(32-19-13-10-14-20-32)42-26(4)38(50)30(8)54(42)44(47,48)52(40)28(34)6/h9-14,17-20H,1-8H3. The average molecular weight is 946 g/mol. The molecule has 4 aromatic rings. The molecule has 8 rings (SSSR count). The molecule has 0 fully saturated rings. The molecule has 4 nitrogen and oxygen atoms in total. The number of rotatable bonds is 2. The van der Waals surface area contributed by atoms with Crippen molar-refractivity contribution >= 4 is 81.7 Å². The van der Waals surface area contributed by atoms with Crippen LogP contribution in [0.15, 0.2) is 94.4 Å². The highest BCUT2D eigenvalue weighted by atomic mass is 127. The number of hydrogen-bond acceptors (Lipinski definition) is 0. The van der Waals surface area contributed by atoms with Crippen molar-refractivity contribution in [3.8, 4) is 23.7 Å². The maximum absolute atomic E-state index is 16.8. The first-order valence-corrected chi connectivity index (χ1v) is 19.8. The minimum Gasteiger partial charge on any atom is -0.392 e. The SMILES string of the molecule is CC1=C(C#CC#CC2=C(C)C3=C(c4ccccc4)c4c(C)c(I)c(C)n4[B-](F)(F)[N+]3=C2C)C(C)=[N+]2C1=C(c1ccccc1)c1c(C)c(I)c(C)n1[B-]2(F)F. The molecule has 0 bridgehead atoms. The van der Waals surface area contributed by atoms with E-state index in [4.69, 9.17) is 0 Å². The molecule has 0 radical (unpaired) electrons. The van der Waals surface area contributed by atoms with E-state index in [-0.39, 0.29) is 0 Å². The average Bonchev–Trinajstić information content (AvgIpc) is 3.73. The van der Waals surface area contributed by atoms with Crippen molar-refractivity contribution in [2.45, 2.75) is 55.4 Å². The van der Waals surface area contributed by atoms with Gasteiger partial charge in [-0.05, 0) is 144 Å². The van der Waals surface area contributed by atoms with Gasteiger partial charge < -0.3 is 35.2 Å². The van der Waals surface area contributed by atoms with Gasteiger partial charge >= 0.3 is 13.9 Å². The summed E-state index contributed by atoms with van der Waals surface area (Å²) in [5, 5.41) is 0. The molecule has 0 amide bonds. The van der Waals surface area contributed by atoms with Gasteiger partial charge in [0, 0.05) is 43.5 Å². The summed E-state index contributed by atoms with van der Waals surface area (Å²) in [7, 11) is 0. The van der Waals surface area contributed by atoms with Gasteiger partial charge in [-0.25, -0.2) is 0 Å². The molecule has 6 heterocycles. The fourth-order valence-corrected chi connectivity index (χ4v) is 9.96. The second-order valence-electron chi connectivity index (χ2n) is 14.3. The van der Waals surface area contributed by atoms with E-state index < -0.39 is 13.9 Å². The number of benzene rings is 2. The first kappa shape index (κ1) is 36.7. The summed E-state index contributed by atoms with van der Waals surface area (Å²) in [6, 6.07) is 19.2. The fraction of sp³-hybridized carbons (Fsp3) is 0.190. The molecule has 2 aromatic heterocycles. The van der Waals surface area contributed by atoms with E-state index in [0.717, 1.165) is 49.5 Å². The highest BCUT2D eigenvalue weighted by molar-refractivity contribution is 14.1. The maximum Gasteiger partial charge on any atom is 0.737 e. The van der Waals surface area contributed by atoms with Gasteiger partial charge in [-0.3, -0.25) is 0 Å². The number of hydrogen-bond donors (Lipinski definition) is 0. The number of halogens is 6. The summed E-state index contributed by atoms with van der Waals surface area (Å²) in [4.78, 5) is 0. The van der Waals surface area contributed by atoms with Crippen molar-refractivity contribution in [3.05, 3.63) is 147 Å². The Kier molecular flexibility index (Phi) is 8.59. The molecule has 0 saturated carbocycles. The molecule has 4 aliphatic heterocycles. The quantitative estimate of drug-likeness (QED) is 0.0824. The smallest absolute Gasteiger partial charge is 0.392 e. The second-order valence-corrected chi connectivity index (χ2v) is 16.4. The lowest BCUT2D eigenvalue weighted by molar-refractivity contribution is -0.364. The highest BCUT2D eigenvalue weighted by Crippen LogP contribution is 2.48. The summed E-state index contributed by atoms with van der Waals surface area (Å²) in [5.41, 5.74) is 10.6. The van der Waals surface area contributed by atoms with Gasteiger partial charge in [0.1, 0.15) is 11.4 Å². The summed E-state index contributed by atoms with van der Waals surface area (Å²) < 4.78 is 73.5. The third-order valence-electron chi connectivity index (χ3n) is 11.3. The van der Waals surface area contributed by atoms with Gasteiger partial charge in [-0.2, -0.15) is 0 Å². The summed E-state index contributed by atoms with van der Waals surface area (Å²) in [5.74, 6) is 12.1. The second kappa shape index (κ2) is 12.6. The van der Waals surface area contributed by atoms with Crippen molar-refractivity contribution < 1.29 is 26.2 Å². The molecule has 0 spiro atoms. The largest absolute Gasteiger partial charge is 0.737 e. The molecule has 0 unspecified atom stereocenters. The van der Waals surface area contributed by atoms with E-state index in [1.165, 1.54) is 8.96 Å². The summed E-state index contributed by atoms with van der Waals surface area (Å²) >= 11 is 4.32. The number of nitrogens with zero attached hydrogens (tertiary/aromatic N) is 4. The van der Waals surface area contributed by atoms with Crippen LogP contribution < -0.4 is 0 Å². The van der Waals surface area contributed by atoms with E-state index in [1.807, 2.05) is 88.4 Å². The highest BCUT2D eigenvalue weighted by Gasteiger charge is 2.58. The zero-order valence-electron chi connectivity index (χ0n) is 31.0. The van der Waals surface area contributed by atoms with E-state index in [0.29, 0.717) is 67.9 Å². The fourth-order valence-electron chi connectivity index (χ4n) is 8.93. The van der Waals surface area contributed by atoms with E-state index in [2.05, 4.69) is 68.9 Å². The molecule has 270 valence electrons. The molecule has 0 saturated heterocycles. The van der Waals surface area contributed by atoms with Crippen molar-refractivity contribution in [1.82, 2.24) is 8.96 Å². The molecule has 0 atom stereocenters. The molecule has 12 heteroatoms. The van der Waals surface area contributed by atoms with Crippen LogP contribution >= 0.6 is 45.2 Å². The Hall–Kier alpha value is -4.27. The van der Waals surface area contributed by atoms with Crippen LogP contribution in [0.4, 0.5) is 17.3 Å². The first-order chi connectivity index (χ1) is 25.5. The van der Waals surface area contributed by atoms with Crippen LogP contribution in [0.5, 0.6) is 0 Å². The lowest BCUT2D eigenvalue weighted by atomic mass is 9.84. The van der Waals surface area contributed by atoms with Crippen LogP contribution in [0.3, 0.4) is 0 Å². The van der Waals surface area contributed by atoms with Crippen LogP contribution in [0.2, 0.25) is 0 Å². The number of allylic oxidation sites excluding steroid dienone is 4. The van der Waals surface area contributed by atoms with Gasteiger partial charge in [-0.1, -0.05) is 60.7 Å². The lowest BCUT2D eigenvalue weighted by Gasteiger charge is -2.33. The first-order valence-electron chi connectivity index (χ1n) is 17.6. The van der Waals surface area contributed by atoms with Crippen molar-refractivity contribution in [1.29, 1.82) is 0 Å². The van der Waals surface area contributed by atoms with E-state index in [1.54, 1.807) is 27.7 Å². The molecular weight excluding hydrogens is 912 g/mol. The topological polar surface area (TPSA) is 15.9 Å². The van der Waals surface area contributed by atoms with Crippen LogP contribution in [0.25, 0.3) is 11.1 Å². The number of fused-ring (bicyclic) bond motifs is 4. The third kappa shape index (κ3) is 4.84. The summed E-state index contributed by atoms with van der Waals surface area (Å²) in [6.45, 7) is 5.80. The monoisotopic (exact) mass is 946 g/mol. The Balaban J connectivity index is 1.30. The minimum atomic E-state index is -4.25. The van der Waals surface area contributed by atoms with Crippen LogP contribution in [0.1, 0.15) is 72.7 Å². The Labute approximate surface area is 340 Å². The maximum atomic E-state index is 16.8. The Morgan fingerprint density at radius 1 is 0.537 bits per heavy atom. The zero-order chi connectivity index (χ0) is 38.8. The minimum absolute atomic E-state index is 0.347. The van der Waals surface area contributed by atoms with Crippen LogP contribution in [-0.2, 0) is 0 Å². The van der Waals surface area contributed by atoms with Crippen molar-refractivity contribution in [2.75, 3.05) is 0 Å². The van der Waals surface area contributed by atoms with Crippen LogP contribution in [-0.4, -0.2) is 43.3 Å². The van der Waals surface area contributed by atoms with Gasteiger partial charge in [0.15, 0.2) is 11.4 Å². The Morgan fingerprint density at radius 2 is 0.870 bits per heavy atom. The normalized spacial score (nSPS) is 18.1. The number of aromatic nitrogens is 2. The molecule has 0 aliphatic carbocycles. The van der Waals surface area contributed by atoms with Crippen LogP contribution in [0, 0.1) is 58.5 Å². The van der Waals surface area contributed by atoms with Gasteiger partial charge in [0.2, 0.25) is 0 Å². The predicted octanol–water partition coefficient (Wildman–Crippen LogP) is 10.0. The molecule has 54 heavy (non-hydrogen) atoms. The summed E-state index contributed by atoms with van der Waals surface area (Å²) in [6.07, 6.45) is 0. The molecular formula is C42H34B2F4I2N4. The molecule has 2 aromatic carbocycles. The molecule has 4 aliphatic rings. The van der Waals surface area contributed by atoms with Gasteiger partial charge in [-0.15, -0.1) is 0 Å². The van der Waals surface area contributed by atoms with Gasteiger partial charge in [0.25, 0.3) is 0 Å².